The van der Waals surface area contributed by atoms with Crippen molar-refractivity contribution in [1.82, 2.24) is 0 Å². The van der Waals surface area contributed by atoms with Gasteiger partial charge in [-0.15, -0.1) is 0 Å². The Kier molecular flexibility index (Phi) is 3.98. The molecule has 98 valence electrons. The second-order valence-corrected chi connectivity index (χ2v) is 4.49. The summed E-state index contributed by atoms with van der Waals surface area (Å²) in [6, 6.07) is 3.77. The number of hydrogen-bond acceptors (Lipinski definition) is 3. The van der Waals surface area contributed by atoms with Gasteiger partial charge in [-0.3, -0.25) is 0 Å². The number of nitrogens with zero attached hydrogens (tertiary/aromatic N) is 1. The zero-order valence-corrected chi connectivity index (χ0v) is 11.3. The Bertz CT molecular complexity index is 679. The van der Waals surface area contributed by atoms with E-state index in [0.29, 0.717) is 23.3 Å². The van der Waals surface area contributed by atoms with Gasteiger partial charge < -0.3 is 4.74 Å². The number of benzene rings is 1. The summed E-state index contributed by atoms with van der Waals surface area (Å²) >= 11 is 0. The van der Waals surface area contributed by atoms with E-state index in [2.05, 4.69) is 18.5 Å². The Labute approximate surface area is 112 Å². The van der Waals surface area contributed by atoms with Crippen LogP contribution < -0.4 is 10.4 Å². The summed E-state index contributed by atoms with van der Waals surface area (Å²) in [5.74, 6) is 2.66. The third-order valence-corrected chi connectivity index (χ3v) is 3.13. The fraction of sp³-hybridized carbons (Fsp3) is 0.312. The standard InChI is InChI=1S/C16H17NO2/c1-4-6-9-19-16-13(5-2)17-14-8-7-11(3)12(10-18)15(14)16/h5,7-8H,2,4,6,9H2,1,3H3. The van der Waals surface area contributed by atoms with E-state index in [1.807, 2.05) is 25.0 Å². The molecule has 0 radical (unpaired) electrons. The van der Waals surface area contributed by atoms with Crippen LogP contribution in [0, 0.1) is 6.92 Å². The minimum Gasteiger partial charge on any atom is -0.491 e. The number of aliphatic imine (C=N–C) groups is 1. The van der Waals surface area contributed by atoms with Crippen LogP contribution in [-0.2, 0) is 9.53 Å². The molecule has 3 nitrogen and oxygen atoms in total. The first-order valence-electron chi connectivity index (χ1n) is 6.46. The van der Waals surface area contributed by atoms with Crippen molar-refractivity contribution in [3.8, 4) is 0 Å². The number of unbranched alkanes of at least 4 members (excludes halogenated alkanes) is 1. The van der Waals surface area contributed by atoms with Crippen molar-refractivity contribution in [3.63, 3.8) is 0 Å². The normalized spacial score (nSPS) is 12.7. The first-order chi connectivity index (χ1) is 9.22. The average molecular weight is 255 g/mol. The maximum Gasteiger partial charge on any atom is 0.155 e. The highest BCUT2D eigenvalue weighted by molar-refractivity contribution is 6.25. The Hall–Kier alpha value is -2.12. The van der Waals surface area contributed by atoms with Crippen LogP contribution in [0.15, 0.2) is 29.8 Å². The van der Waals surface area contributed by atoms with Gasteiger partial charge in [0, 0.05) is 0 Å². The van der Waals surface area contributed by atoms with Crippen LogP contribution in [0.5, 0.6) is 0 Å². The molecule has 0 fully saturated rings. The number of rotatable bonds is 5. The van der Waals surface area contributed by atoms with Gasteiger partial charge in [0.15, 0.2) is 5.76 Å². The van der Waals surface area contributed by atoms with Gasteiger partial charge in [-0.1, -0.05) is 26.0 Å². The Morgan fingerprint density at radius 2 is 2.26 bits per heavy atom. The van der Waals surface area contributed by atoms with Crippen molar-refractivity contribution < 1.29 is 9.53 Å². The lowest BCUT2D eigenvalue weighted by molar-refractivity contribution is 0.275. The van der Waals surface area contributed by atoms with Gasteiger partial charge in [-0.05, 0) is 31.1 Å². The minimum atomic E-state index is 0.532. The maximum absolute atomic E-state index is 11.2. The average Bonchev–Trinajstić information content (AvgIpc) is 2.77. The highest BCUT2D eigenvalue weighted by atomic mass is 16.5. The zero-order valence-electron chi connectivity index (χ0n) is 11.3. The van der Waals surface area contributed by atoms with E-state index in [1.165, 1.54) is 0 Å². The van der Waals surface area contributed by atoms with Crippen LogP contribution in [0.1, 0.15) is 25.3 Å². The molecule has 0 aliphatic carbocycles. The molecule has 0 bridgehead atoms. The quantitative estimate of drug-likeness (QED) is 0.751. The minimum absolute atomic E-state index is 0.532. The lowest BCUT2D eigenvalue weighted by Gasteiger charge is -2.06. The lowest BCUT2D eigenvalue weighted by atomic mass is 10.1. The van der Waals surface area contributed by atoms with Gasteiger partial charge >= 0.3 is 0 Å². The van der Waals surface area contributed by atoms with Crippen LogP contribution >= 0.6 is 0 Å². The largest absolute Gasteiger partial charge is 0.491 e. The molecular weight excluding hydrogens is 238 g/mol. The second kappa shape index (κ2) is 5.68. The summed E-state index contributed by atoms with van der Waals surface area (Å²) in [6.45, 7) is 8.36. The first-order valence-corrected chi connectivity index (χ1v) is 6.46. The van der Waals surface area contributed by atoms with Crippen LogP contribution in [0.4, 0.5) is 5.69 Å². The molecule has 0 saturated carbocycles. The van der Waals surface area contributed by atoms with Crippen LogP contribution in [0.25, 0.3) is 5.76 Å². The van der Waals surface area contributed by atoms with E-state index in [9.17, 15) is 4.79 Å². The van der Waals surface area contributed by atoms with Crippen molar-refractivity contribution in [2.45, 2.75) is 26.7 Å². The molecule has 0 saturated heterocycles. The van der Waals surface area contributed by atoms with Gasteiger partial charge in [0.05, 0.1) is 22.7 Å². The molecule has 1 aliphatic rings. The molecule has 0 aromatic heterocycles. The van der Waals surface area contributed by atoms with E-state index < -0.39 is 0 Å². The Morgan fingerprint density at radius 3 is 2.89 bits per heavy atom. The maximum atomic E-state index is 11.2. The third-order valence-electron chi connectivity index (χ3n) is 3.13. The summed E-state index contributed by atoms with van der Waals surface area (Å²) in [7, 11) is 0. The molecule has 3 heteroatoms. The highest BCUT2D eigenvalue weighted by Gasteiger charge is 2.18. The van der Waals surface area contributed by atoms with E-state index in [4.69, 9.17) is 4.74 Å². The fourth-order valence-electron chi connectivity index (χ4n) is 2.06. The molecule has 0 spiro atoms. The number of carbonyl (C=O) groups excluding carboxylic acids is 1. The van der Waals surface area contributed by atoms with Gasteiger partial charge in [0.25, 0.3) is 0 Å². The lowest BCUT2D eigenvalue weighted by Crippen LogP contribution is -2.31. The number of hydrogen-bond donors (Lipinski definition) is 0. The SMILES string of the molecule is C=CC1=Nc2ccc(C)c(=C=O)c2=C1OCCCC. The van der Waals surface area contributed by atoms with E-state index in [1.54, 1.807) is 6.08 Å². The number of ether oxygens (including phenoxy) is 1. The van der Waals surface area contributed by atoms with Gasteiger partial charge in [0.1, 0.15) is 11.7 Å². The van der Waals surface area contributed by atoms with Crippen molar-refractivity contribution >= 4 is 23.1 Å². The van der Waals surface area contributed by atoms with E-state index in [-0.39, 0.29) is 0 Å². The zero-order chi connectivity index (χ0) is 13.8. The third kappa shape index (κ3) is 2.38. The summed E-state index contributed by atoms with van der Waals surface area (Å²) < 4.78 is 5.81. The van der Waals surface area contributed by atoms with Crippen molar-refractivity contribution in [1.29, 1.82) is 0 Å². The fourth-order valence-corrected chi connectivity index (χ4v) is 2.06. The number of aryl methyl sites for hydroxylation is 1. The van der Waals surface area contributed by atoms with Crippen molar-refractivity contribution in [2.75, 3.05) is 6.61 Å². The molecule has 0 amide bonds. The van der Waals surface area contributed by atoms with Crippen molar-refractivity contribution in [3.05, 3.63) is 40.8 Å². The van der Waals surface area contributed by atoms with Crippen LogP contribution in [-0.4, -0.2) is 18.3 Å². The molecule has 1 aromatic rings. The smallest absolute Gasteiger partial charge is 0.155 e. The Balaban J connectivity index is 2.65. The monoisotopic (exact) mass is 255 g/mol. The van der Waals surface area contributed by atoms with Gasteiger partial charge in [0.2, 0.25) is 0 Å². The molecule has 0 N–H and O–H groups in total. The second-order valence-electron chi connectivity index (χ2n) is 4.49. The van der Waals surface area contributed by atoms with Gasteiger partial charge in [-0.25, -0.2) is 9.79 Å². The summed E-state index contributed by atoms with van der Waals surface area (Å²) in [6.07, 6.45) is 3.68. The molecule has 1 heterocycles. The summed E-state index contributed by atoms with van der Waals surface area (Å²) in [5.41, 5.74) is 2.32. The predicted octanol–water partition coefficient (Wildman–Crippen LogP) is 1.70. The van der Waals surface area contributed by atoms with E-state index in [0.717, 1.165) is 29.3 Å². The molecule has 1 aromatic carbocycles. The molecule has 1 aliphatic heterocycles. The van der Waals surface area contributed by atoms with E-state index >= 15 is 0 Å². The molecule has 0 unspecified atom stereocenters. The molecule has 0 atom stereocenters. The highest BCUT2D eigenvalue weighted by Crippen LogP contribution is 2.17. The van der Waals surface area contributed by atoms with Gasteiger partial charge in [-0.2, -0.15) is 0 Å². The van der Waals surface area contributed by atoms with Crippen LogP contribution in [0.3, 0.4) is 0 Å². The number of fused-ring (bicyclic) bond motifs is 1. The molecular formula is C16H17NO2. The summed E-state index contributed by atoms with van der Waals surface area (Å²) in [5, 5.41) is 1.28. The first kappa shape index (κ1) is 13.3. The Morgan fingerprint density at radius 1 is 1.47 bits per heavy atom. The molecule has 19 heavy (non-hydrogen) atoms. The molecule has 2 rings (SSSR count). The topological polar surface area (TPSA) is 38.7 Å². The van der Waals surface area contributed by atoms with Crippen molar-refractivity contribution in [2.24, 2.45) is 4.99 Å². The van der Waals surface area contributed by atoms with Crippen LogP contribution in [0.2, 0.25) is 0 Å². The summed E-state index contributed by atoms with van der Waals surface area (Å²) in [4.78, 5) is 15.6. The predicted molar refractivity (Wildman–Crippen MR) is 76.8 cm³/mol.